The van der Waals surface area contributed by atoms with Crippen molar-refractivity contribution in [3.05, 3.63) is 64.1 Å². The molecule has 1 heterocycles. The zero-order valence-corrected chi connectivity index (χ0v) is 14.6. The predicted molar refractivity (Wildman–Crippen MR) is 94.4 cm³/mol. The number of hydrazine groups is 1. The topological polar surface area (TPSA) is 103 Å². The van der Waals surface area contributed by atoms with Gasteiger partial charge in [0.15, 0.2) is 0 Å². The molecule has 9 heteroatoms. The van der Waals surface area contributed by atoms with Crippen molar-refractivity contribution in [1.29, 1.82) is 0 Å². The van der Waals surface area contributed by atoms with E-state index in [-0.39, 0.29) is 12.0 Å². The molecule has 25 heavy (non-hydrogen) atoms. The van der Waals surface area contributed by atoms with Gasteiger partial charge in [-0.25, -0.2) is 5.84 Å². The fourth-order valence-corrected chi connectivity index (χ4v) is 2.12. The quantitative estimate of drug-likeness (QED) is 0.410. The number of nitrogens with two attached hydrogens (primary N) is 1. The number of aromatic nitrogens is 2. The SMILES string of the molecule is COc1nnc(-c2cccc(Cl)c2)o1.NNC(=O)c1cccc(Cl)c1. The number of benzene rings is 2. The van der Waals surface area contributed by atoms with E-state index in [0.717, 1.165) is 5.56 Å². The maximum atomic E-state index is 10.9. The molecule has 0 spiro atoms. The zero-order valence-electron chi connectivity index (χ0n) is 13.1. The van der Waals surface area contributed by atoms with Crippen LogP contribution in [-0.4, -0.2) is 23.2 Å². The van der Waals surface area contributed by atoms with Crippen molar-refractivity contribution in [2.45, 2.75) is 0 Å². The summed E-state index contributed by atoms with van der Waals surface area (Å²) in [6, 6.07) is 13.7. The summed E-state index contributed by atoms with van der Waals surface area (Å²) in [5.41, 5.74) is 3.24. The van der Waals surface area contributed by atoms with Gasteiger partial charge in [-0.1, -0.05) is 40.4 Å². The molecule has 1 amide bonds. The molecule has 0 aliphatic carbocycles. The molecule has 0 aliphatic rings. The summed E-state index contributed by atoms with van der Waals surface area (Å²) in [4.78, 5) is 10.9. The number of rotatable bonds is 3. The Labute approximate surface area is 153 Å². The molecule has 1 aromatic heterocycles. The number of hydrogen-bond acceptors (Lipinski definition) is 6. The largest absolute Gasteiger partial charge is 0.452 e. The van der Waals surface area contributed by atoms with Gasteiger partial charge in [-0.05, 0) is 36.4 Å². The van der Waals surface area contributed by atoms with Crippen LogP contribution in [-0.2, 0) is 0 Å². The number of carbonyl (C=O) groups is 1. The second-order valence-corrected chi connectivity index (χ2v) is 5.44. The van der Waals surface area contributed by atoms with Crippen LogP contribution in [0.5, 0.6) is 6.08 Å². The van der Waals surface area contributed by atoms with Gasteiger partial charge in [0.2, 0.25) is 0 Å². The first-order chi connectivity index (χ1) is 12.0. The molecule has 0 bridgehead atoms. The summed E-state index contributed by atoms with van der Waals surface area (Å²) in [6.07, 6.45) is 0.139. The molecule has 0 fully saturated rings. The monoisotopic (exact) mass is 380 g/mol. The van der Waals surface area contributed by atoms with Crippen molar-refractivity contribution in [2.24, 2.45) is 5.84 Å². The summed E-state index contributed by atoms with van der Waals surface area (Å²) in [5, 5.41) is 8.60. The van der Waals surface area contributed by atoms with Crippen molar-refractivity contribution in [3.63, 3.8) is 0 Å². The smallest absolute Gasteiger partial charge is 0.414 e. The zero-order chi connectivity index (χ0) is 18.2. The summed E-state index contributed by atoms with van der Waals surface area (Å²) >= 11 is 11.4. The normalized spacial score (nSPS) is 9.76. The molecule has 130 valence electrons. The number of nitrogens with one attached hydrogen (secondary N) is 1. The first-order valence-corrected chi connectivity index (χ1v) is 7.69. The molecule has 3 rings (SSSR count). The van der Waals surface area contributed by atoms with E-state index in [1.807, 2.05) is 17.6 Å². The van der Waals surface area contributed by atoms with Crippen LogP contribution in [0.25, 0.3) is 11.5 Å². The molecule has 3 N–H and O–H groups in total. The molecule has 0 radical (unpaired) electrons. The summed E-state index contributed by atoms with van der Waals surface area (Å²) < 4.78 is 9.94. The number of methoxy groups -OCH3 is 1. The average molecular weight is 381 g/mol. The lowest BCUT2D eigenvalue weighted by molar-refractivity contribution is 0.0953. The highest BCUT2D eigenvalue weighted by atomic mass is 35.5. The van der Waals surface area contributed by atoms with Crippen molar-refractivity contribution in [3.8, 4) is 17.5 Å². The molecule has 0 aliphatic heterocycles. The summed E-state index contributed by atoms with van der Waals surface area (Å²) in [7, 11) is 1.47. The standard InChI is InChI=1S/C9H7ClN2O2.C7H7ClN2O/c1-13-9-12-11-8(14-9)6-3-2-4-7(10)5-6;8-6-3-1-2-5(4-6)7(11)10-9/h2-5H,1H3;1-4H,9H2,(H,10,11). The lowest BCUT2D eigenvalue weighted by Gasteiger charge is -1.97. The van der Waals surface area contributed by atoms with E-state index >= 15 is 0 Å². The molecule has 7 nitrogen and oxygen atoms in total. The number of nitrogen functional groups attached to an aromatic ring is 1. The maximum Gasteiger partial charge on any atom is 0.414 e. The van der Waals surface area contributed by atoms with Crippen molar-refractivity contribution < 1.29 is 13.9 Å². The molecule has 0 atom stereocenters. The number of carbonyl (C=O) groups excluding carboxylic acids is 1. The number of hydrogen-bond donors (Lipinski definition) is 2. The Morgan fingerprint density at radius 1 is 1.12 bits per heavy atom. The van der Waals surface area contributed by atoms with Crippen LogP contribution in [0.4, 0.5) is 0 Å². The van der Waals surface area contributed by atoms with Gasteiger partial charge in [-0.3, -0.25) is 10.2 Å². The van der Waals surface area contributed by atoms with Crippen LogP contribution in [0.3, 0.4) is 0 Å². The molecule has 0 saturated carbocycles. The number of nitrogens with zero attached hydrogens (tertiary/aromatic N) is 2. The van der Waals surface area contributed by atoms with E-state index in [1.165, 1.54) is 7.11 Å². The third-order valence-electron chi connectivity index (χ3n) is 2.87. The minimum Gasteiger partial charge on any atom is -0.452 e. The van der Waals surface area contributed by atoms with Gasteiger partial charge in [0.05, 0.1) is 7.11 Å². The third kappa shape index (κ3) is 5.46. The van der Waals surface area contributed by atoms with Crippen LogP contribution in [0.15, 0.2) is 52.9 Å². The van der Waals surface area contributed by atoms with Crippen molar-refractivity contribution >= 4 is 29.1 Å². The second-order valence-electron chi connectivity index (χ2n) is 4.57. The van der Waals surface area contributed by atoms with Gasteiger partial charge in [-0.2, -0.15) is 0 Å². The Kier molecular flexibility index (Phi) is 6.76. The Balaban J connectivity index is 0.000000186. The van der Waals surface area contributed by atoms with E-state index in [9.17, 15) is 4.79 Å². The van der Waals surface area contributed by atoms with Gasteiger partial charge in [0.1, 0.15) is 0 Å². The highest BCUT2D eigenvalue weighted by Crippen LogP contribution is 2.23. The lowest BCUT2D eigenvalue weighted by atomic mass is 10.2. The summed E-state index contributed by atoms with van der Waals surface area (Å²) in [6.45, 7) is 0. The third-order valence-corrected chi connectivity index (χ3v) is 3.34. The maximum absolute atomic E-state index is 10.9. The van der Waals surface area contributed by atoms with Gasteiger partial charge in [0.25, 0.3) is 11.8 Å². The first kappa shape index (κ1) is 18.7. The highest BCUT2D eigenvalue weighted by molar-refractivity contribution is 6.31. The van der Waals surface area contributed by atoms with Gasteiger partial charge in [0, 0.05) is 21.2 Å². The lowest BCUT2D eigenvalue weighted by Crippen LogP contribution is -2.29. The average Bonchev–Trinajstić information content (AvgIpc) is 3.11. The molecule has 3 aromatic rings. The van der Waals surface area contributed by atoms with Gasteiger partial charge in [-0.15, -0.1) is 5.10 Å². The van der Waals surface area contributed by atoms with Crippen LogP contribution in [0.2, 0.25) is 10.0 Å². The van der Waals surface area contributed by atoms with E-state index in [1.54, 1.807) is 36.4 Å². The fraction of sp³-hybridized carbons (Fsp3) is 0.0625. The Morgan fingerprint density at radius 3 is 2.36 bits per heavy atom. The number of amides is 1. The number of ether oxygens (including phenoxy) is 1. The Morgan fingerprint density at radius 2 is 1.80 bits per heavy atom. The van der Waals surface area contributed by atoms with Crippen LogP contribution < -0.4 is 16.0 Å². The molecule has 0 saturated heterocycles. The molecular formula is C16H14Cl2N4O3. The molecular weight excluding hydrogens is 367 g/mol. The van der Waals surface area contributed by atoms with Crippen LogP contribution >= 0.6 is 23.2 Å². The van der Waals surface area contributed by atoms with E-state index in [4.69, 9.17) is 38.2 Å². The van der Waals surface area contributed by atoms with Gasteiger partial charge < -0.3 is 9.15 Å². The van der Waals surface area contributed by atoms with E-state index in [0.29, 0.717) is 21.5 Å². The Hall–Kier alpha value is -2.61. The number of halogens is 2. The fourth-order valence-electron chi connectivity index (χ4n) is 1.74. The highest BCUT2D eigenvalue weighted by Gasteiger charge is 2.08. The van der Waals surface area contributed by atoms with Crippen LogP contribution in [0.1, 0.15) is 10.4 Å². The minimum absolute atomic E-state index is 0.139. The minimum atomic E-state index is -0.340. The van der Waals surface area contributed by atoms with Gasteiger partial charge >= 0.3 is 6.08 Å². The Bertz CT molecular complexity index is 855. The van der Waals surface area contributed by atoms with Crippen molar-refractivity contribution in [2.75, 3.05) is 7.11 Å². The first-order valence-electron chi connectivity index (χ1n) is 6.93. The van der Waals surface area contributed by atoms with Crippen LogP contribution in [0, 0.1) is 0 Å². The van der Waals surface area contributed by atoms with E-state index in [2.05, 4.69) is 10.2 Å². The van der Waals surface area contributed by atoms with E-state index < -0.39 is 0 Å². The molecule has 2 aromatic carbocycles. The molecule has 0 unspecified atom stereocenters. The predicted octanol–water partition coefficient (Wildman–Crippen LogP) is 3.34. The summed E-state index contributed by atoms with van der Waals surface area (Å²) in [5.74, 6) is 4.96. The second kappa shape index (κ2) is 9.03. The van der Waals surface area contributed by atoms with Crippen molar-refractivity contribution in [1.82, 2.24) is 15.6 Å².